The maximum absolute atomic E-state index is 14.9. The minimum absolute atomic E-state index is 0.0467. The van der Waals surface area contributed by atoms with E-state index in [-0.39, 0.29) is 4.90 Å². The summed E-state index contributed by atoms with van der Waals surface area (Å²) in [6.07, 6.45) is 2.76. The van der Waals surface area contributed by atoms with Crippen LogP contribution in [0.4, 0.5) is 10.1 Å². The van der Waals surface area contributed by atoms with Gasteiger partial charge in [-0.05, 0) is 67.0 Å². The number of hydrogen-bond donors (Lipinski definition) is 0. The number of rotatable bonds is 5. The van der Waals surface area contributed by atoms with Gasteiger partial charge in [-0.25, -0.2) is 12.8 Å². The fourth-order valence-corrected chi connectivity index (χ4v) is 7.11. The SMILES string of the molecule is O=S(=O)(c1ccc(N2CC(c3cccc(Br)c3)C2)c(F)c1)N1CCC(C2CCOC2)CC1. The van der Waals surface area contributed by atoms with E-state index in [1.54, 1.807) is 12.1 Å². The molecule has 0 radical (unpaired) electrons. The van der Waals surface area contributed by atoms with Crippen molar-refractivity contribution in [2.45, 2.75) is 30.1 Å². The van der Waals surface area contributed by atoms with E-state index in [4.69, 9.17) is 4.74 Å². The topological polar surface area (TPSA) is 49.9 Å². The molecular formula is C24H28BrFN2O3S. The molecule has 0 spiro atoms. The van der Waals surface area contributed by atoms with Gasteiger partial charge in [0.1, 0.15) is 5.82 Å². The molecule has 32 heavy (non-hydrogen) atoms. The number of sulfonamides is 1. The molecule has 1 atom stereocenters. The Morgan fingerprint density at radius 3 is 2.44 bits per heavy atom. The van der Waals surface area contributed by atoms with Crippen molar-refractivity contribution in [3.8, 4) is 0 Å². The lowest BCUT2D eigenvalue weighted by molar-refractivity contribution is 0.151. The van der Waals surface area contributed by atoms with Crippen molar-refractivity contribution in [3.05, 3.63) is 58.3 Å². The molecule has 0 aliphatic carbocycles. The average Bonchev–Trinajstić information content (AvgIpc) is 3.29. The molecule has 8 heteroatoms. The van der Waals surface area contributed by atoms with Gasteiger partial charge in [0.2, 0.25) is 10.0 Å². The summed E-state index contributed by atoms with van der Waals surface area (Å²) in [6.45, 7) is 4.04. The first-order chi connectivity index (χ1) is 15.4. The van der Waals surface area contributed by atoms with Crippen molar-refractivity contribution in [2.75, 3.05) is 44.3 Å². The summed E-state index contributed by atoms with van der Waals surface area (Å²) in [5.41, 5.74) is 1.69. The average molecular weight is 523 g/mol. The molecule has 3 aliphatic heterocycles. The summed E-state index contributed by atoms with van der Waals surface area (Å²) in [4.78, 5) is 2.01. The lowest BCUT2D eigenvalue weighted by Crippen LogP contribution is -2.45. The normalized spacial score (nSPS) is 23.4. The van der Waals surface area contributed by atoms with Gasteiger partial charge in [0.05, 0.1) is 10.6 Å². The van der Waals surface area contributed by atoms with Gasteiger partial charge in [-0.15, -0.1) is 0 Å². The molecule has 2 aromatic carbocycles. The van der Waals surface area contributed by atoms with Gasteiger partial charge < -0.3 is 9.64 Å². The maximum atomic E-state index is 14.9. The second-order valence-corrected chi connectivity index (χ2v) is 12.0. The summed E-state index contributed by atoms with van der Waals surface area (Å²) < 4.78 is 49.2. The standard InChI is InChI=1S/C24H28BrFN2O3S/c25-21-3-1-2-18(12-21)20-14-27(15-20)24-5-4-22(13-23(24)26)32(29,30)28-9-6-17(7-10-28)19-8-11-31-16-19/h1-5,12-13,17,19-20H,6-11,14-16H2. The monoisotopic (exact) mass is 522 g/mol. The molecule has 172 valence electrons. The predicted octanol–water partition coefficient (Wildman–Crippen LogP) is 4.63. The molecule has 0 aromatic heterocycles. The Bertz CT molecular complexity index is 1080. The highest BCUT2D eigenvalue weighted by atomic mass is 79.9. The first-order valence-electron chi connectivity index (χ1n) is 11.3. The van der Waals surface area contributed by atoms with Gasteiger partial charge in [-0.3, -0.25) is 0 Å². The Morgan fingerprint density at radius 1 is 1.00 bits per heavy atom. The highest BCUT2D eigenvalue weighted by Gasteiger charge is 2.35. The Labute approximate surface area is 197 Å². The Morgan fingerprint density at radius 2 is 1.78 bits per heavy atom. The van der Waals surface area contributed by atoms with Crippen LogP contribution in [0.25, 0.3) is 0 Å². The third-order valence-corrected chi connectivity index (χ3v) is 9.62. The Balaban J connectivity index is 1.23. The molecule has 5 rings (SSSR count). The zero-order valence-electron chi connectivity index (χ0n) is 17.9. The number of benzene rings is 2. The molecule has 3 aliphatic rings. The molecular weight excluding hydrogens is 495 g/mol. The van der Waals surface area contributed by atoms with Crippen LogP contribution in [0, 0.1) is 17.7 Å². The van der Waals surface area contributed by atoms with Crippen LogP contribution < -0.4 is 4.90 Å². The molecule has 0 amide bonds. The lowest BCUT2D eigenvalue weighted by Gasteiger charge is -2.41. The second kappa shape index (κ2) is 9.05. The maximum Gasteiger partial charge on any atom is 0.243 e. The molecule has 0 saturated carbocycles. The predicted molar refractivity (Wildman–Crippen MR) is 126 cm³/mol. The smallest absolute Gasteiger partial charge is 0.243 e. The number of ether oxygens (including phenoxy) is 1. The zero-order chi connectivity index (χ0) is 22.3. The molecule has 0 bridgehead atoms. The van der Waals surface area contributed by atoms with E-state index in [1.807, 2.05) is 17.0 Å². The second-order valence-electron chi connectivity index (χ2n) is 9.14. The Hall–Kier alpha value is -1.48. The van der Waals surface area contributed by atoms with E-state index in [1.165, 1.54) is 15.9 Å². The van der Waals surface area contributed by atoms with Crippen molar-refractivity contribution >= 4 is 31.6 Å². The first-order valence-corrected chi connectivity index (χ1v) is 13.5. The van der Waals surface area contributed by atoms with Gasteiger partial charge in [0, 0.05) is 49.8 Å². The van der Waals surface area contributed by atoms with E-state index in [0.717, 1.165) is 50.0 Å². The van der Waals surface area contributed by atoms with Crippen LogP contribution in [-0.2, 0) is 14.8 Å². The summed E-state index contributed by atoms with van der Waals surface area (Å²) in [7, 11) is -3.68. The highest BCUT2D eigenvalue weighted by molar-refractivity contribution is 9.10. The van der Waals surface area contributed by atoms with Crippen molar-refractivity contribution in [2.24, 2.45) is 11.8 Å². The van der Waals surface area contributed by atoms with Gasteiger partial charge >= 0.3 is 0 Å². The number of halogens is 2. The molecule has 3 saturated heterocycles. The Kier molecular flexibility index (Phi) is 6.31. The summed E-state index contributed by atoms with van der Waals surface area (Å²) in [5, 5.41) is 0. The van der Waals surface area contributed by atoms with Crippen LogP contribution in [0.15, 0.2) is 51.8 Å². The van der Waals surface area contributed by atoms with E-state index in [2.05, 4.69) is 28.1 Å². The molecule has 3 fully saturated rings. The van der Waals surface area contributed by atoms with Crippen molar-refractivity contribution in [1.29, 1.82) is 0 Å². The molecule has 0 N–H and O–H groups in total. The van der Waals surface area contributed by atoms with E-state index in [0.29, 0.717) is 36.5 Å². The fourth-order valence-electron chi connectivity index (χ4n) is 5.21. The number of hydrogen-bond acceptors (Lipinski definition) is 4. The van der Waals surface area contributed by atoms with Crippen LogP contribution in [0.1, 0.15) is 30.7 Å². The van der Waals surface area contributed by atoms with Crippen molar-refractivity contribution in [1.82, 2.24) is 4.31 Å². The van der Waals surface area contributed by atoms with E-state index < -0.39 is 15.8 Å². The number of anilines is 1. The lowest BCUT2D eigenvalue weighted by atomic mass is 9.84. The van der Waals surface area contributed by atoms with Crippen molar-refractivity contribution in [3.63, 3.8) is 0 Å². The summed E-state index contributed by atoms with van der Waals surface area (Å²) >= 11 is 3.49. The first kappa shape index (κ1) is 22.3. The van der Waals surface area contributed by atoms with Crippen LogP contribution in [0.3, 0.4) is 0 Å². The largest absolute Gasteiger partial charge is 0.381 e. The fraction of sp³-hybridized carbons (Fsp3) is 0.500. The number of nitrogens with zero attached hydrogens (tertiary/aromatic N) is 2. The van der Waals surface area contributed by atoms with Gasteiger partial charge in [0.25, 0.3) is 0 Å². The van der Waals surface area contributed by atoms with E-state index >= 15 is 0 Å². The van der Waals surface area contributed by atoms with Crippen LogP contribution >= 0.6 is 15.9 Å². The molecule has 1 unspecified atom stereocenters. The zero-order valence-corrected chi connectivity index (χ0v) is 20.3. The van der Waals surface area contributed by atoms with Gasteiger partial charge in [-0.1, -0.05) is 28.1 Å². The van der Waals surface area contributed by atoms with Gasteiger partial charge in [0.15, 0.2) is 0 Å². The minimum atomic E-state index is -3.68. The molecule has 3 heterocycles. The quantitative estimate of drug-likeness (QED) is 0.574. The van der Waals surface area contributed by atoms with Crippen LogP contribution in [0.2, 0.25) is 0 Å². The summed E-state index contributed by atoms with van der Waals surface area (Å²) in [5.74, 6) is 0.945. The summed E-state index contributed by atoms with van der Waals surface area (Å²) in [6, 6.07) is 12.5. The van der Waals surface area contributed by atoms with E-state index in [9.17, 15) is 12.8 Å². The van der Waals surface area contributed by atoms with Crippen molar-refractivity contribution < 1.29 is 17.5 Å². The third-order valence-electron chi connectivity index (χ3n) is 7.23. The molecule has 5 nitrogen and oxygen atoms in total. The number of piperidine rings is 1. The minimum Gasteiger partial charge on any atom is -0.381 e. The molecule has 2 aromatic rings. The third kappa shape index (κ3) is 4.34. The van der Waals surface area contributed by atoms with Crippen LogP contribution in [-0.4, -0.2) is 52.1 Å². The highest BCUT2D eigenvalue weighted by Crippen LogP contribution is 2.36. The van der Waals surface area contributed by atoms with Crippen LogP contribution in [0.5, 0.6) is 0 Å². The van der Waals surface area contributed by atoms with Gasteiger partial charge in [-0.2, -0.15) is 4.31 Å².